The highest BCUT2D eigenvalue weighted by Crippen LogP contribution is 2.38. The Morgan fingerprint density at radius 2 is 1.75 bits per heavy atom. The Hall–Kier alpha value is -4.48. The van der Waals surface area contributed by atoms with E-state index in [0.717, 1.165) is 37.5 Å². The molecule has 0 N–H and O–H groups in total. The number of carbonyl (C=O) groups is 3. The third-order valence-corrected chi connectivity index (χ3v) is 8.30. The topological polar surface area (TPSA) is 175 Å². The molecule has 3 aromatic rings. The summed E-state index contributed by atoms with van der Waals surface area (Å²) in [4.78, 5) is 42.1. The number of thiol groups is 1. The van der Waals surface area contributed by atoms with Crippen LogP contribution in [-0.4, -0.2) is 63.3 Å². The van der Waals surface area contributed by atoms with E-state index >= 15 is 0 Å². The highest BCUT2D eigenvalue weighted by atomic mass is 35.5. The molecule has 1 aliphatic rings. The van der Waals surface area contributed by atoms with Crippen molar-refractivity contribution >= 4 is 57.8 Å². The second-order valence-electron chi connectivity index (χ2n) is 12.2. The van der Waals surface area contributed by atoms with E-state index in [9.17, 15) is 36.8 Å². The van der Waals surface area contributed by atoms with Crippen LogP contribution in [0.15, 0.2) is 48.9 Å². The molecule has 14 nitrogen and oxygen atoms in total. The lowest BCUT2D eigenvalue weighted by atomic mass is 10.0. The SMILES string of the molecule is CC(C)(C)OC(=O)CN(c1cc(C(=O)OCC(=O)O[C@@H](Cc2c(Cl)c[n+]([O-])cc2Cl)c2ccc(OC(F)F)c(OCC3CC3)c2)ccn1)[SH](=O)=O. The Morgan fingerprint density at radius 3 is 2.35 bits per heavy atom. The fourth-order valence-electron chi connectivity index (χ4n) is 4.47. The van der Waals surface area contributed by atoms with Gasteiger partial charge in [-0.05, 0) is 69.4 Å². The Kier molecular flexibility index (Phi) is 13.2. The largest absolute Gasteiger partial charge is 0.619 e. The molecule has 0 saturated heterocycles. The van der Waals surface area contributed by atoms with Gasteiger partial charge >= 0.3 is 24.5 Å². The zero-order valence-corrected chi connectivity index (χ0v) is 29.8. The summed E-state index contributed by atoms with van der Waals surface area (Å²) in [5.41, 5.74) is -0.646. The Balaban J connectivity index is 1.52. The molecular formula is C32H33Cl2F2N3O11S. The molecular weight excluding hydrogens is 743 g/mol. The third kappa shape index (κ3) is 12.1. The van der Waals surface area contributed by atoms with Gasteiger partial charge in [0.15, 0.2) is 30.5 Å². The molecule has 1 atom stereocenters. The molecule has 0 amide bonds. The lowest BCUT2D eigenvalue weighted by molar-refractivity contribution is -0.605. The van der Waals surface area contributed by atoms with Crippen LogP contribution >= 0.6 is 23.2 Å². The number of benzene rings is 1. The number of aromatic nitrogens is 2. The monoisotopic (exact) mass is 775 g/mol. The Bertz CT molecular complexity index is 1810. The number of hydrogen-bond acceptors (Lipinski definition) is 12. The molecule has 2 aromatic heterocycles. The molecule has 0 spiro atoms. The van der Waals surface area contributed by atoms with Crippen molar-refractivity contribution in [1.82, 2.24) is 4.98 Å². The normalized spacial score (nSPS) is 13.4. The van der Waals surface area contributed by atoms with E-state index in [0.29, 0.717) is 9.04 Å². The van der Waals surface area contributed by atoms with Gasteiger partial charge in [-0.2, -0.15) is 13.5 Å². The molecule has 19 heteroatoms. The van der Waals surface area contributed by atoms with Gasteiger partial charge in [0.25, 0.3) is 0 Å². The minimum Gasteiger partial charge on any atom is -0.619 e. The first-order valence-electron chi connectivity index (χ1n) is 15.2. The summed E-state index contributed by atoms with van der Waals surface area (Å²) < 4.78 is 77.3. The number of carbonyl (C=O) groups excluding carboxylic acids is 3. The summed E-state index contributed by atoms with van der Waals surface area (Å²) in [5, 5.41) is 11.7. The molecule has 1 aliphatic carbocycles. The standard InChI is InChI=1S/C32H33Cl2F2N3O11S/c1-32(2,3)50-28(40)15-39(51(44)45)27-11-20(8-9-37-27)30(42)47-17-29(41)48-25(12-21-22(33)13-38(43)14-23(21)34)19-6-7-24(49-31(35)36)26(10-19)46-16-18-4-5-18/h6-11,13-14,18,25,31,51H,4-5,12,15-17H2,1-3H3/t25-/m0/s1. The number of rotatable bonds is 16. The molecule has 51 heavy (non-hydrogen) atoms. The van der Waals surface area contributed by atoms with E-state index in [4.69, 9.17) is 42.1 Å². The van der Waals surface area contributed by atoms with Crippen LogP contribution < -0.4 is 18.5 Å². The molecule has 0 bridgehead atoms. The number of nitrogens with zero attached hydrogens (tertiary/aromatic N) is 3. The van der Waals surface area contributed by atoms with Gasteiger partial charge in [0.2, 0.25) is 10.9 Å². The summed E-state index contributed by atoms with van der Waals surface area (Å²) in [6, 6.07) is 6.15. The van der Waals surface area contributed by atoms with Crippen LogP contribution in [-0.2, 0) is 41.1 Å². The van der Waals surface area contributed by atoms with Gasteiger partial charge in [-0.1, -0.05) is 29.3 Å². The van der Waals surface area contributed by atoms with Crippen molar-refractivity contribution in [2.24, 2.45) is 5.92 Å². The van der Waals surface area contributed by atoms with Gasteiger partial charge in [-0.25, -0.2) is 27.3 Å². The fourth-order valence-corrected chi connectivity index (χ4v) is 5.57. The van der Waals surface area contributed by atoms with Crippen LogP contribution in [0.3, 0.4) is 0 Å². The number of ether oxygens (including phenoxy) is 5. The van der Waals surface area contributed by atoms with Crippen molar-refractivity contribution in [2.75, 3.05) is 24.1 Å². The summed E-state index contributed by atoms with van der Waals surface area (Å²) in [6.45, 7) is 0.256. The van der Waals surface area contributed by atoms with Crippen LogP contribution in [0.1, 0.15) is 61.2 Å². The summed E-state index contributed by atoms with van der Waals surface area (Å²) in [6.07, 6.45) is 3.58. The van der Waals surface area contributed by atoms with Crippen molar-refractivity contribution in [2.45, 2.75) is 58.4 Å². The quantitative estimate of drug-likeness (QED) is 0.0695. The van der Waals surface area contributed by atoms with E-state index in [-0.39, 0.29) is 63.0 Å². The van der Waals surface area contributed by atoms with Crippen LogP contribution in [0.4, 0.5) is 14.6 Å². The Labute approximate surface area is 302 Å². The summed E-state index contributed by atoms with van der Waals surface area (Å²) >= 11 is 12.5. The van der Waals surface area contributed by atoms with E-state index in [1.165, 1.54) is 24.3 Å². The highest BCUT2D eigenvalue weighted by Gasteiger charge is 2.27. The smallest absolute Gasteiger partial charge is 0.387 e. The number of alkyl halides is 2. The van der Waals surface area contributed by atoms with Gasteiger partial charge in [0, 0.05) is 18.2 Å². The minimum atomic E-state index is -3.38. The molecule has 1 fully saturated rings. The lowest BCUT2D eigenvalue weighted by Crippen LogP contribution is -2.34. The molecule has 276 valence electrons. The number of anilines is 1. The molecule has 2 heterocycles. The average Bonchev–Trinajstić information content (AvgIpc) is 3.86. The zero-order valence-electron chi connectivity index (χ0n) is 27.4. The second-order valence-corrected chi connectivity index (χ2v) is 13.9. The summed E-state index contributed by atoms with van der Waals surface area (Å²) in [5.74, 6) is -3.31. The van der Waals surface area contributed by atoms with Crippen LogP contribution in [0.5, 0.6) is 11.5 Å². The van der Waals surface area contributed by atoms with Gasteiger partial charge in [-0.3, -0.25) is 4.79 Å². The van der Waals surface area contributed by atoms with E-state index in [1.54, 1.807) is 20.8 Å². The molecule has 0 radical (unpaired) electrons. The first-order valence-corrected chi connectivity index (χ1v) is 17.1. The van der Waals surface area contributed by atoms with Crippen molar-refractivity contribution < 1.29 is 60.0 Å². The van der Waals surface area contributed by atoms with Crippen LogP contribution in [0.2, 0.25) is 10.0 Å². The maximum Gasteiger partial charge on any atom is 0.387 e. The van der Waals surface area contributed by atoms with Gasteiger partial charge in [0.1, 0.15) is 34.1 Å². The zero-order chi connectivity index (χ0) is 37.5. The first kappa shape index (κ1) is 39.3. The molecule has 4 rings (SSSR count). The van der Waals surface area contributed by atoms with E-state index in [1.807, 2.05) is 0 Å². The third-order valence-electron chi connectivity index (χ3n) is 6.91. The van der Waals surface area contributed by atoms with Crippen LogP contribution in [0, 0.1) is 11.1 Å². The predicted octanol–water partition coefficient (Wildman–Crippen LogP) is 4.77. The molecule has 0 unspecified atom stereocenters. The molecule has 0 aliphatic heterocycles. The van der Waals surface area contributed by atoms with Crippen LogP contribution in [0.25, 0.3) is 0 Å². The average molecular weight is 777 g/mol. The van der Waals surface area contributed by atoms with E-state index in [2.05, 4.69) is 9.72 Å². The van der Waals surface area contributed by atoms with Crippen molar-refractivity contribution in [1.29, 1.82) is 0 Å². The molecule has 1 aromatic carbocycles. The maximum absolute atomic E-state index is 13.1. The van der Waals surface area contributed by atoms with Gasteiger partial charge < -0.3 is 28.9 Å². The summed E-state index contributed by atoms with van der Waals surface area (Å²) in [7, 11) is -3.38. The minimum absolute atomic E-state index is 0.0381. The number of halogens is 4. The number of pyridine rings is 2. The van der Waals surface area contributed by atoms with Crippen molar-refractivity contribution in [3.63, 3.8) is 0 Å². The van der Waals surface area contributed by atoms with Crippen molar-refractivity contribution in [3.8, 4) is 11.5 Å². The van der Waals surface area contributed by atoms with E-state index < -0.39 is 60.3 Å². The molecule has 1 saturated carbocycles. The number of hydrogen-bond donors (Lipinski definition) is 1. The second kappa shape index (κ2) is 17.2. The number of esters is 3. The van der Waals surface area contributed by atoms with Crippen molar-refractivity contribution in [3.05, 3.63) is 80.9 Å². The van der Waals surface area contributed by atoms with Gasteiger partial charge in [0.05, 0.1) is 12.2 Å². The highest BCUT2D eigenvalue weighted by molar-refractivity contribution is 7.74. The lowest BCUT2D eigenvalue weighted by Gasteiger charge is -2.22. The fraction of sp³-hybridized carbons (Fsp3) is 0.406. The maximum atomic E-state index is 13.1. The Morgan fingerprint density at radius 1 is 1.06 bits per heavy atom. The van der Waals surface area contributed by atoms with Gasteiger partial charge in [-0.15, -0.1) is 0 Å². The predicted molar refractivity (Wildman–Crippen MR) is 177 cm³/mol. The first-order chi connectivity index (χ1) is 24.0.